The largest absolute Gasteiger partial charge is 0.378 e. The van der Waals surface area contributed by atoms with Crippen LogP contribution in [0.2, 0.25) is 0 Å². The van der Waals surface area contributed by atoms with E-state index in [0.717, 1.165) is 121 Å². The van der Waals surface area contributed by atoms with Crippen molar-refractivity contribution in [1.29, 1.82) is 0 Å². The van der Waals surface area contributed by atoms with Crippen molar-refractivity contribution in [2.75, 3.05) is 110 Å². The van der Waals surface area contributed by atoms with Gasteiger partial charge in [-0.2, -0.15) is 0 Å². The van der Waals surface area contributed by atoms with Gasteiger partial charge in [-0.25, -0.2) is 8.78 Å². The third-order valence-electron chi connectivity index (χ3n) is 11.7. The number of morpholine rings is 1. The van der Waals surface area contributed by atoms with Crippen LogP contribution in [0.1, 0.15) is 72.6 Å². The van der Waals surface area contributed by atoms with E-state index in [0.29, 0.717) is 31.2 Å². The van der Waals surface area contributed by atoms with Gasteiger partial charge in [-0.05, 0) is 77.9 Å². The minimum atomic E-state index is -0.795. The highest BCUT2D eigenvalue weighted by Gasteiger charge is 2.29. The Morgan fingerprint density at radius 2 is 0.881 bits per heavy atom. The van der Waals surface area contributed by atoms with Crippen molar-refractivity contribution >= 4 is 23.4 Å². The summed E-state index contributed by atoms with van der Waals surface area (Å²) in [5.41, 5.74) is 2.23. The van der Waals surface area contributed by atoms with Crippen molar-refractivity contribution in [2.24, 2.45) is 0 Å². The molecule has 0 aliphatic carbocycles. The Kier molecular flexibility index (Phi) is 17.2. The van der Waals surface area contributed by atoms with E-state index in [1.54, 1.807) is 0 Å². The van der Waals surface area contributed by atoms with Crippen molar-refractivity contribution in [3.05, 3.63) is 101 Å². The van der Waals surface area contributed by atoms with E-state index >= 15 is 0 Å². The van der Waals surface area contributed by atoms with E-state index in [2.05, 4.69) is 67.2 Å². The average molecular weight is 818 g/mol. The number of para-hydroxylation sites is 1. The first-order chi connectivity index (χ1) is 28.3. The molecule has 3 amide bonds. The van der Waals surface area contributed by atoms with E-state index in [1.807, 2.05) is 58.3 Å². The number of halogens is 2. The highest BCUT2D eigenvalue weighted by Crippen LogP contribution is 2.24. The molecule has 13 heteroatoms. The summed E-state index contributed by atoms with van der Waals surface area (Å²) in [6, 6.07) is 22.6. The van der Waals surface area contributed by atoms with Gasteiger partial charge in [0.15, 0.2) is 0 Å². The summed E-state index contributed by atoms with van der Waals surface area (Å²) in [5.74, 6) is -1.82. The molecule has 3 aromatic carbocycles. The lowest BCUT2D eigenvalue weighted by Gasteiger charge is -2.37. The molecular formula is C46H65F2N7O4. The maximum Gasteiger partial charge on any atom is 0.259 e. The second-order valence-electron chi connectivity index (χ2n) is 16.3. The fourth-order valence-electron chi connectivity index (χ4n) is 7.85. The van der Waals surface area contributed by atoms with Crippen molar-refractivity contribution in [3.8, 4) is 0 Å². The molecule has 3 aromatic rings. The Balaban J connectivity index is 0.000000170. The second-order valence-corrected chi connectivity index (χ2v) is 16.3. The summed E-state index contributed by atoms with van der Waals surface area (Å²) in [4.78, 5) is 52.1. The van der Waals surface area contributed by atoms with Crippen LogP contribution in [0.25, 0.3) is 0 Å². The molecule has 0 spiro atoms. The number of nitrogens with zero attached hydrogens (tertiary/aromatic N) is 7. The summed E-state index contributed by atoms with van der Waals surface area (Å²) in [7, 11) is 0. The lowest BCUT2D eigenvalue weighted by molar-refractivity contribution is 0.0583. The number of carbonyl (C=O) groups excluding carboxylic acids is 3. The topological polar surface area (TPSA) is 83.1 Å². The molecule has 4 heterocycles. The fourth-order valence-corrected chi connectivity index (χ4v) is 7.85. The first kappa shape index (κ1) is 45.7. The Hall–Kier alpha value is -4.43. The third kappa shape index (κ3) is 12.5. The number of benzene rings is 3. The summed E-state index contributed by atoms with van der Waals surface area (Å²) in [5, 5.41) is 0. The summed E-state index contributed by atoms with van der Waals surface area (Å²) in [6.07, 6.45) is 0. The Morgan fingerprint density at radius 3 is 1.34 bits per heavy atom. The number of hydrogen-bond acceptors (Lipinski definition) is 8. The normalized spacial score (nSPS) is 18.4. The molecule has 59 heavy (non-hydrogen) atoms. The van der Waals surface area contributed by atoms with Crippen molar-refractivity contribution < 1.29 is 27.9 Å². The first-order valence-corrected chi connectivity index (χ1v) is 21.4. The van der Waals surface area contributed by atoms with E-state index in [-0.39, 0.29) is 11.8 Å². The molecule has 4 aliphatic rings. The Labute approximate surface area is 350 Å². The van der Waals surface area contributed by atoms with Crippen LogP contribution >= 0.6 is 0 Å². The first-order valence-electron chi connectivity index (χ1n) is 21.4. The average Bonchev–Trinajstić information content (AvgIpc) is 3.27. The van der Waals surface area contributed by atoms with Gasteiger partial charge in [0.05, 0.1) is 18.8 Å². The van der Waals surface area contributed by atoms with Gasteiger partial charge in [0, 0.05) is 121 Å². The van der Waals surface area contributed by atoms with Crippen molar-refractivity contribution in [2.45, 2.75) is 59.7 Å². The van der Waals surface area contributed by atoms with Gasteiger partial charge in [0.25, 0.3) is 17.7 Å². The van der Waals surface area contributed by atoms with Crippen molar-refractivity contribution in [1.82, 2.24) is 29.4 Å². The van der Waals surface area contributed by atoms with Crippen LogP contribution in [0, 0.1) is 11.6 Å². The van der Waals surface area contributed by atoms with Gasteiger partial charge >= 0.3 is 0 Å². The van der Waals surface area contributed by atoms with Gasteiger partial charge in [0.1, 0.15) is 17.2 Å². The molecule has 0 bridgehead atoms. The molecule has 4 aliphatic heterocycles. The predicted molar refractivity (Wildman–Crippen MR) is 230 cm³/mol. The zero-order valence-electron chi connectivity index (χ0n) is 36.0. The number of hydrogen-bond donors (Lipinski definition) is 0. The van der Waals surface area contributed by atoms with Crippen LogP contribution in [0.3, 0.4) is 0 Å². The molecule has 11 nitrogen and oxygen atoms in total. The van der Waals surface area contributed by atoms with Gasteiger partial charge in [-0.1, -0.05) is 36.4 Å². The zero-order chi connectivity index (χ0) is 42.5. The number of ether oxygens (including phenoxy) is 1. The van der Waals surface area contributed by atoms with E-state index < -0.39 is 23.1 Å². The van der Waals surface area contributed by atoms with Crippen LogP contribution in [0.15, 0.2) is 72.8 Å². The summed E-state index contributed by atoms with van der Waals surface area (Å²) < 4.78 is 32.6. The number of amides is 3. The molecule has 0 N–H and O–H groups in total. The van der Waals surface area contributed by atoms with Gasteiger partial charge < -0.3 is 24.3 Å². The minimum absolute atomic E-state index is 0.161. The van der Waals surface area contributed by atoms with Gasteiger partial charge in [0.2, 0.25) is 0 Å². The van der Waals surface area contributed by atoms with E-state index in [9.17, 15) is 23.2 Å². The SMILES string of the molecule is CC(C)N1CCN(C(=O)c2c(F)cccc2F)CC1.CC(C)N1CCN(C(=O)c2ccccc2)CC1.CC(C)N1CCN(C(=O)c2ccccc2N2CCOCC2)CC1. The summed E-state index contributed by atoms with van der Waals surface area (Å²) >= 11 is 0. The predicted octanol–water partition coefficient (Wildman–Crippen LogP) is 5.67. The Morgan fingerprint density at radius 1 is 0.475 bits per heavy atom. The number of anilines is 1. The standard InChI is InChI=1S/C18H27N3O2.C14H18F2N2O.C14H20N2O/c1-15(2)19-7-9-21(10-8-19)18(22)16-5-3-4-6-17(16)20-11-13-23-14-12-20;1-10(2)17-6-8-18(9-7-17)14(19)13-11(15)4-3-5-12(13)16;1-12(2)15-8-10-16(11-9-15)14(17)13-6-4-3-5-7-13/h3-6,15H,7-14H2,1-2H3;3-5,10H,6-9H2,1-2H3;3-7,12H,8-11H2,1-2H3. The van der Waals surface area contributed by atoms with Crippen LogP contribution in [0.4, 0.5) is 14.5 Å². The molecule has 7 rings (SSSR count). The smallest absolute Gasteiger partial charge is 0.259 e. The molecule has 0 unspecified atom stereocenters. The minimum Gasteiger partial charge on any atom is -0.378 e. The molecule has 0 radical (unpaired) electrons. The third-order valence-corrected chi connectivity index (χ3v) is 11.7. The van der Waals surface area contributed by atoms with E-state index in [4.69, 9.17) is 4.74 Å². The quantitative estimate of drug-likeness (QED) is 0.302. The van der Waals surface area contributed by atoms with E-state index in [1.165, 1.54) is 11.0 Å². The molecule has 4 saturated heterocycles. The molecule has 0 aromatic heterocycles. The lowest BCUT2D eigenvalue weighted by atomic mass is 10.1. The zero-order valence-corrected chi connectivity index (χ0v) is 36.0. The molecular weight excluding hydrogens is 753 g/mol. The van der Waals surface area contributed by atoms with Crippen LogP contribution in [0.5, 0.6) is 0 Å². The van der Waals surface area contributed by atoms with Gasteiger partial charge in [-0.15, -0.1) is 0 Å². The fraction of sp³-hybridized carbons (Fsp3) is 0.543. The highest BCUT2D eigenvalue weighted by atomic mass is 19.1. The number of carbonyl (C=O) groups is 3. The maximum atomic E-state index is 13.6. The van der Waals surface area contributed by atoms with Crippen LogP contribution in [-0.2, 0) is 4.74 Å². The van der Waals surface area contributed by atoms with Crippen LogP contribution in [-0.4, -0.2) is 170 Å². The monoisotopic (exact) mass is 818 g/mol. The van der Waals surface area contributed by atoms with Gasteiger partial charge in [-0.3, -0.25) is 29.1 Å². The van der Waals surface area contributed by atoms with Crippen molar-refractivity contribution in [3.63, 3.8) is 0 Å². The lowest BCUT2D eigenvalue weighted by Crippen LogP contribution is -2.51. The second kappa shape index (κ2) is 22.3. The van der Waals surface area contributed by atoms with Crippen LogP contribution < -0.4 is 4.90 Å². The molecule has 322 valence electrons. The summed E-state index contributed by atoms with van der Waals surface area (Å²) in [6.45, 7) is 25.9. The highest BCUT2D eigenvalue weighted by molar-refractivity contribution is 6.00. The number of piperazine rings is 3. The molecule has 0 atom stereocenters. The molecule has 4 fully saturated rings. The molecule has 0 saturated carbocycles. The Bertz CT molecular complexity index is 1760. The number of rotatable bonds is 7. The maximum absolute atomic E-state index is 13.6.